The van der Waals surface area contributed by atoms with Crippen LogP contribution in [-0.4, -0.2) is 13.1 Å². The van der Waals surface area contributed by atoms with Gasteiger partial charge in [0.2, 0.25) is 0 Å². The predicted molar refractivity (Wildman–Crippen MR) is 62.6 cm³/mol. The van der Waals surface area contributed by atoms with Crippen molar-refractivity contribution in [3.63, 3.8) is 0 Å². The highest BCUT2D eigenvalue weighted by Gasteiger charge is 2.13. The van der Waals surface area contributed by atoms with Crippen LogP contribution in [0.1, 0.15) is 31.4 Å². The highest BCUT2D eigenvalue weighted by Crippen LogP contribution is 2.23. The molecule has 1 aromatic heterocycles. The molecule has 1 aliphatic rings. The molecule has 2 nitrogen and oxygen atoms in total. The Kier molecular flexibility index (Phi) is 4.03. The molecule has 0 aliphatic heterocycles. The van der Waals surface area contributed by atoms with Crippen LogP contribution in [0.5, 0.6) is 0 Å². The van der Waals surface area contributed by atoms with Crippen molar-refractivity contribution in [2.45, 2.75) is 25.7 Å². The molecule has 2 heteroatoms. The maximum absolute atomic E-state index is 5.20. The van der Waals surface area contributed by atoms with Crippen LogP contribution < -0.4 is 5.32 Å². The van der Waals surface area contributed by atoms with Crippen LogP contribution in [0.25, 0.3) is 6.08 Å². The van der Waals surface area contributed by atoms with Gasteiger partial charge < -0.3 is 9.73 Å². The Morgan fingerprint density at radius 2 is 2.27 bits per heavy atom. The van der Waals surface area contributed by atoms with E-state index in [9.17, 15) is 0 Å². The molecule has 1 N–H and O–H groups in total. The van der Waals surface area contributed by atoms with Gasteiger partial charge in [-0.05, 0) is 43.5 Å². The molecule has 1 aromatic rings. The highest BCUT2D eigenvalue weighted by atomic mass is 16.3. The first-order valence-electron chi connectivity index (χ1n) is 5.86. The lowest BCUT2D eigenvalue weighted by atomic mass is 10.1. The fourth-order valence-corrected chi connectivity index (χ4v) is 2.15. The van der Waals surface area contributed by atoms with Crippen LogP contribution in [0.4, 0.5) is 0 Å². The average molecular weight is 205 g/mol. The SMILES string of the molecule is C(=C\c1ccco1)/CNCC1CCCC1. The summed E-state index contributed by atoms with van der Waals surface area (Å²) in [5.41, 5.74) is 0. The van der Waals surface area contributed by atoms with Crippen LogP contribution in [0.3, 0.4) is 0 Å². The standard InChI is InChI=1S/C13H19NO/c1-2-6-12(5-1)11-14-9-3-7-13-8-4-10-15-13/h3-4,7-8,10,12,14H,1-2,5-6,9,11H2/b7-3+. The third kappa shape index (κ3) is 3.56. The third-order valence-electron chi connectivity index (χ3n) is 3.00. The van der Waals surface area contributed by atoms with E-state index in [0.717, 1.165) is 18.2 Å². The molecule has 0 saturated heterocycles. The average Bonchev–Trinajstić information content (AvgIpc) is 2.88. The van der Waals surface area contributed by atoms with Gasteiger partial charge in [-0.3, -0.25) is 0 Å². The summed E-state index contributed by atoms with van der Waals surface area (Å²) < 4.78 is 5.20. The van der Waals surface area contributed by atoms with Gasteiger partial charge in [0.15, 0.2) is 0 Å². The minimum atomic E-state index is 0.919. The molecule has 0 unspecified atom stereocenters. The van der Waals surface area contributed by atoms with Gasteiger partial charge in [-0.2, -0.15) is 0 Å². The molecular weight excluding hydrogens is 186 g/mol. The number of furan rings is 1. The summed E-state index contributed by atoms with van der Waals surface area (Å²) >= 11 is 0. The van der Waals surface area contributed by atoms with Crippen LogP contribution in [0, 0.1) is 5.92 Å². The van der Waals surface area contributed by atoms with Crippen molar-refractivity contribution in [3.8, 4) is 0 Å². The summed E-state index contributed by atoms with van der Waals surface area (Å²) in [4.78, 5) is 0. The van der Waals surface area contributed by atoms with Crippen LogP contribution in [0.15, 0.2) is 28.9 Å². The lowest BCUT2D eigenvalue weighted by molar-refractivity contribution is 0.505. The van der Waals surface area contributed by atoms with Crippen molar-refractivity contribution in [2.24, 2.45) is 5.92 Å². The summed E-state index contributed by atoms with van der Waals surface area (Å²) in [6.45, 7) is 2.11. The summed E-state index contributed by atoms with van der Waals surface area (Å²) in [5.74, 6) is 1.85. The van der Waals surface area contributed by atoms with Crippen molar-refractivity contribution in [1.29, 1.82) is 0 Å². The molecule has 2 rings (SSSR count). The third-order valence-corrected chi connectivity index (χ3v) is 3.00. The zero-order valence-corrected chi connectivity index (χ0v) is 9.11. The summed E-state index contributed by atoms with van der Waals surface area (Å²) in [6.07, 6.45) is 11.5. The quantitative estimate of drug-likeness (QED) is 0.747. The minimum Gasteiger partial charge on any atom is -0.465 e. The fraction of sp³-hybridized carbons (Fsp3) is 0.538. The molecule has 0 atom stereocenters. The molecule has 1 aliphatic carbocycles. The Labute approximate surface area is 91.4 Å². The molecule has 0 spiro atoms. The molecule has 0 radical (unpaired) electrons. The molecule has 1 saturated carbocycles. The van der Waals surface area contributed by atoms with E-state index in [1.54, 1.807) is 6.26 Å². The molecule has 82 valence electrons. The maximum atomic E-state index is 5.20. The molecule has 1 heterocycles. The fourth-order valence-electron chi connectivity index (χ4n) is 2.15. The van der Waals surface area contributed by atoms with Gasteiger partial charge in [0.05, 0.1) is 6.26 Å². The first-order valence-corrected chi connectivity index (χ1v) is 5.86. The highest BCUT2D eigenvalue weighted by molar-refractivity contribution is 5.42. The molecule has 0 bridgehead atoms. The van der Waals surface area contributed by atoms with E-state index in [4.69, 9.17) is 4.42 Å². The topological polar surface area (TPSA) is 25.2 Å². The first kappa shape index (κ1) is 10.5. The Bertz CT molecular complexity index is 283. The zero-order chi connectivity index (χ0) is 10.3. The van der Waals surface area contributed by atoms with E-state index in [0.29, 0.717) is 0 Å². The van der Waals surface area contributed by atoms with E-state index in [1.807, 2.05) is 18.2 Å². The minimum absolute atomic E-state index is 0.919. The predicted octanol–water partition coefficient (Wildman–Crippen LogP) is 3.07. The van der Waals surface area contributed by atoms with Gasteiger partial charge in [-0.25, -0.2) is 0 Å². The summed E-state index contributed by atoms with van der Waals surface area (Å²) in [6, 6.07) is 3.87. The van der Waals surface area contributed by atoms with Crippen molar-refractivity contribution in [1.82, 2.24) is 5.32 Å². The monoisotopic (exact) mass is 205 g/mol. The molecular formula is C13H19NO. The summed E-state index contributed by atoms with van der Waals surface area (Å²) in [5, 5.41) is 3.46. The van der Waals surface area contributed by atoms with Gasteiger partial charge in [0.25, 0.3) is 0 Å². The smallest absolute Gasteiger partial charge is 0.126 e. The van der Waals surface area contributed by atoms with Crippen molar-refractivity contribution in [2.75, 3.05) is 13.1 Å². The van der Waals surface area contributed by atoms with Crippen LogP contribution in [0.2, 0.25) is 0 Å². The van der Waals surface area contributed by atoms with Gasteiger partial charge in [-0.15, -0.1) is 0 Å². The molecule has 1 fully saturated rings. The van der Waals surface area contributed by atoms with Crippen molar-refractivity contribution < 1.29 is 4.42 Å². The number of rotatable bonds is 5. The van der Waals surface area contributed by atoms with E-state index in [2.05, 4.69) is 11.4 Å². The summed E-state index contributed by atoms with van der Waals surface area (Å²) in [7, 11) is 0. The molecule has 15 heavy (non-hydrogen) atoms. The van der Waals surface area contributed by atoms with Crippen molar-refractivity contribution >= 4 is 6.08 Å². The van der Waals surface area contributed by atoms with E-state index in [-0.39, 0.29) is 0 Å². The van der Waals surface area contributed by atoms with Crippen LogP contribution >= 0.6 is 0 Å². The second-order valence-electron chi connectivity index (χ2n) is 4.23. The Hall–Kier alpha value is -1.02. The zero-order valence-electron chi connectivity index (χ0n) is 9.11. The van der Waals surface area contributed by atoms with Gasteiger partial charge >= 0.3 is 0 Å². The van der Waals surface area contributed by atoms with E-state index >= 15 is 0 Å². The Morgan fingerprint density at radius 3 is 3.00 bits per heavy atom. The lowest BCUT2D eigenvalue weighted by Gasteiger charge is -2.07. The molecule has 0 aromatic carbocycles. The van der Waals surface area contributed by atoms with Gasteiger partial charge in [0, 0.05) is 6.54 Å². The number of nitrogens with one attached hydrogen (secondary N) is 1. The maximum Gasteiger partial charge on any atom is 0.126 e. The van der Waals surface area contributed by atoms with E-state index < -0.39 is 0 Å². The van der Waals surface area contributed by atoms with E-state index in [1.165, 1.54) is 32.2 Å². The first-order chi connectivity index (χ1) is 7.45. The van der Waals surface area contributed by atoms with Gasteiger partial charge in [0.1, 0.15) is 5.76 Å². The Morgan fingerprint density at radius 1 is 1.40 bits per heavy atom. The normalized spacial score (nSPS) is 17.9. The van der Waals surface area contributed by atoms with Crippen LogP contribution in [-0.2, 0) is 0 Å². The Balaban J connectivity index is 1.58. The molecule has 0 amide bonds. The second kappa shape index (κ2) is 5.76. The number of hydrogen-bond donors (Lipinski definition) is 1. The lowest BCUT2D eigenvalue weighted by Crippen LogP contribution is -2.20. The number of hydrogen-bond acceptors (Lipinski definition) is 2. The largest absolute Gasteiger partial charge is 0.465 e. The van der Waals surface area contributed by atoms with Gasteiger partial charge in [-0.1, -0.05) is 18.9 Å². The second-order valence-corrected chi connectivity index (χ2v) is 4.23. The van der Waals surface area contributed by atoms with Crippen molar-refractivity contribution in [3.05, 3.63) is 30.2 Å².